The van der Waals surface area contributed by atoms with E-state index >= 15 is 0 Å². The summed E-state index contributed by atoms with van der Waals surface area (Å²) in [6.07, 6.45) is 0.000178. The zero-order chi connectivity index (χ0) is 11.3. The third-order valence-electron chi connectivity index (χ3n) is 1.93. The van der Waals surface area contributed by atoms with Crippen molar-refractivity contribution in [3.8, 4) is 5.75 Å². The minimum atomic E-state index is -0.443. The van der Waals surface area contributed by atoms with Gasteiger partial charge in [0.2, 0.25) is 0 Å². The van der Waals surface area contributed by atoms with E-state index in [9.17, 15) is 10.1 Å². The lowest BCUT2D eigenvalue weighted by Gasteiger charge is -2.10. The third-order valence-corrected chi connectivity index (χ3v) is 1.93. The Kier molecular flexibility index (Phi) is 4.05. The molecule has 1 rings (SSSR count). The maximum Gasteiger partial charge on any atom is 0.269 e. The minimum Gasteiger partial charge on any atom is -0.491 e. The van der Waals surface area contributed by atoms with Gasteiger partial charge in [0.25, 0.3) is 5.69 Å². The van der Waals surface area contributed by atoms with Crippen LogP contribution in [0.3, 0.4) is 0 Å². The normalized spacial score (nSPS) is 12.1. The summed E-state index contributed by atoms with van der Waals surface area (Å²) in [5, 5.41) is 10.4. The van der Waals surface area contributed by atoms with Crippen molar-refractivity contribution >= 4 is 5.69 Å². The molecular weight excluding hydrogens is 198 g/mol. The largest absolute Gasteiger partial charge is 0.491 e. The number of nitro benzene ring substituents is 1. The van der Waals surface area contributed by atoms with E-state index in [4.69, 9.17) is 9.47 Å². The summed E-state index contributed by atoms with van der Waals surface area (Å²) >= 11 is 0. The molecule has 0 bridgehead atoms. The molecule has 0 radical (unpaired) electrons. The molecule has 0 N–H and O–H groups in total. The van der Waals surface area contributed by atoms with Crippen LogP contribution in [0.25, 0.3) is 0 Å². The van der Waals surface area contributed by atoms with E-state index < -0.39 is 4.92 Å². The van der Waals surface area contributed by atoms with Crippen LogP contribution in [0.2, 0.25) is 0 Å². The summed E-state index contributed by atoms with van der Waals surface area (Å²) < 4.78 is 10.3. The second-order valence-electron chi connectivity index (χ2n) is 3.11. The van der Waals surface area contributed by atoms with Gasteiger partial charge >= 0.3 is 0 Å². The lowest BCUT2D eigenvalue weighted by Crippen LogP contribution is -2.15. The summed E-state index contributed by atoms with van der Waals surface area (Å²) in [5.74, 6) is 0.601. The predicted molar refractivity (Wildman–Crippen MR) is 55.1 cm³/mol. The molecule has 0 saturated heterocycles. The zero-order valence-corrected chi connectivity index (χ0v) is 8.67. The van der Waals surface area contributed by atoms with Crippen molar-refractivity contribution in [1.29, 1.82) is 0 Å². The number of hydrogen-bond acceptors (Lipinski definition) is 4. The molecule has 15 heavy (non-hydrogen) atoms. The number of hydrogen-bond donors (Lipinski definition) is 0. The van der Waals surface area contributed by atoms with Crippen molar-refractivity contribution in [3.63, 3.8) is 0 Å². The second kappa shape index (κ2) is 5.31. The first-order valence-corrected chi connectivity index (χ1v) is 4.53. The topological polar surface area (TPSA) is 61.6 Å². The van der Waals surface area contributed by atoms with Gasteiger partial charge < -0.3 is 9.47 Å². The molecule has 1 aromatic rings. The van der Waals surface area contributed by atoms with Crippen molar-refractivity contribution in [2.45, 2.75) is 13.0 Å². The number of benzene rings is 1. The molecule has 1 atom stereocenters. The number of nitro groups is 1. The standard InChI is InChI=1S/C10H13NO4/c1-8(14-2)7-15-10-5-3-9(4-6-10)11(12)13/h3-6,8H,7H2,1-2H3. The Labute approximate surface area is 87.8 Å². The first-order valence-electron chi connectivity index (χ1n) is 4.53. The third kappa shape index (κ3) is 3.55. The highest BCUT2D eigenvalue weighted by atomic mass is 16.6. The molecule has 0 spiro atoms. The Hall–Kier alpha value is -1.62. The van der Waals surface area contributed by atoms with Crippen LogP contribution < -0.4 is 4.74 Å². The molecule has 1 aromatic carbocycles. The van der Waals surface area contributed by atoms with Gasteiger partial charge in [-0.2, -0.15) is 0 Å². The summed E-state index contributed by atoms with van der Waals surface area (Å²) in [6.45, 7) is 2.31. The maximum absolute atomic E-state index is 10.4. The van der Waals surface area contributed by atoms with Gasteiger partial charge in [0.15, 0.2) is 0 Å². The summed E-state index contributed by atoms with van der Waals surface area (Å²) in [7, 11) is 1.60. The van der Waals surface area contributed by atoms with Crippen molar-refractivity contribution in [2.24, 2.45) is 0 Å². The molecule has 0 fully saturated rings. The highest BCUT2D eigenvalue weighted by Crippen LogP contribution is 2.17. The first kappa shape index (κ1) is 11.5. The van der Waals surface area contributed by atoms with E-state index in [1.807, 2.05) is 6.92 Å². The van der Waals surface area contributed by atoms with Gasteiger partial charge in [-0.15, -0.1) is 0 Å². The average Bonchev–Trinajstić information content (AvgIpc) is 2.26. The lowest BCUT2D eigenvalue weighted by molar-refractivity contribution is -0.384. The summed E-state index contributed by atoms with van der Waals surface area (Å²) in [6, 6.07) is 5.96. The number of nitrogens with zero attached hydrogens (tertiary/aromatic N) is 1. The fraction of sp³-hybridized carbons (Fsp3) is 0.400. The Morgan fingerprint density at radius 1 is 1.40 bits per heavy atom. The molecule has 0 amide bonds. The fourth-order valence-electron chi connectivity index (χ4n) is 0.946. The van der Waals surface area contributed by atoms with Crippen LogP contribution in [0, 0.1) is 10.1 Å². The zero-order valence-electron chi connectivity index (χ0n) is 8.67. The van der Waals surface area contributed by atoms with Crippen molar-refractivity contribution in [3.05, 3.63) is 34.4 Å². The van der Waals surface area contributed by atoms with Gasteiger partial charge in [-0.25, -0.2) is 0 Å². The average molecular weight is 211 g/mol. The van der Waals surface area contributed by atoms with Gasteiger partial charge in [-0.05, 0) is 19.1 Å². The minimum absolute atomic E-state index is 0.000178. The Morgan fingerprint density at radius 3 is 2.47 bits per heavy atom. The van der Waals surface area contributed by atoms with E-state index in [1.165, 1.54) is 12.1 Å². The van der Waals surface area contributed by atoms with Gasteiger partial charge in [0, 0.05) is 19.2 Å². The Bertz CT molecular complexity index is 323. The molecule has 0 aliphatic carbocycles. The summed E-state index contributed by atoms with van der Waals surface area (Å²) in [5.41, 5.74) is 0.0575. The van der Waals surface area contributed by atoms with Crippen LogP contribution in [0.1, 0.15) is 6.92 Å². The first-order chi connectivity index (χ1) is 7.13. The maximum atomic E-state index is 10.4. The highest BCUT2D eigenvalue weighted by Gasteiger charge is 2.05. The van der Waals surface area contributed by atoms with Crippen LogP contribution in [0.4, 0.5) is 5.69 Å². The number of non-ortho nitro benzene ring substituents is 1. The smallest absolute Gasteiger partial charge is 0.269 e. The fourth-order valence-corrected chi connectivity index (χ4v) is 0.946. The van der Waals surface area contributed by atoms with Crippen LogP contribution in [-0.4, -0.2) is 24.7 Å². The molecule has 0 aliphatic rings. The van der Waals surface area contributed by atoms with E-state index in [2.05, 4.69) is 0 Å². The van der Waals surface area contributed by atoms with Crippen molar-refractivity contribution in [1.82, 2.24) is 0 Å². The van der Waals surface area contributed by atoms with E-state index in [0.717, 1.165) is 0 Å². The Balaban J connectivity index is 2.53. The van der Waals surface area contributed by atoms with Gasteiger partial charge in [0.05, 0.1) is 11.0 Å². The second-order valence-corrected chi connectivity index (χ2v) is 3.11. The van der Waals surface area contributed by atoms with Crippen LogP contribution in [-0.2, 0) is 4.74 Å². The molecule has 0 saturated carbocycles. The molecule has 82 valence electrons. The summed E-state index contributed by atoms with van der Waals surface area (Å²) in [4.78, 5) is 9.93. The predicted octanol–water partition coefficient (Wildman–Crippen LogP) is 2.01. The molecule has 1 unspecified atom stereocenters. The molecule has 5 nitrogen and oxygen atoms in total. The Morgan fingerprint density at radius 2 is 2.00 bits per heavy atom. The van der Waals surface area contributed by atoms with Crippen LogP contribution in [0.15, 0.2) is 24.3 Å². The molecular formula is C10H13NO4. The lowest BCUT2D eigenvalue weighted by atomic mass is 10.3. The van der Waals surface area contributed by atoms with Gasteiger partial charge in [0.1, 0.15) is 12.4 Å². The monoisotopic (exact) mass is 211 g/mol. The van der Waals surface area contributed by atoms with E-state index in [-0.39, 0.29) is 11.8 Å². The van der Waals surface area contributed by atoms with Crippen molar-refractivity contribution < 1.29 is 14.4 Å². The van der Waals surface area contributed by atoms with Crippen LogP contribution >= 0.6 is 0 Å². The molecule has 0 heterocycles. The quantitative estimate of drug-likeness (QED) is 0.552. The van der Waals surface area contributed by atoms with Crippen molar-refractivity contribution in [2.75, 3.05) is 13.7 Å². The number of methoxy groups -OCH3 is 1. The van der Waals surface area contributed by atoms with Gasteiger partial charge in [-0.3, -0.25) is 10.1 Å². The van der Waals surface area contributed by atoms with E-state index in [0.29, 0.717) is 12.4 Å². The van der Waals surface area contributed by atoms with Gasteiger partial charge in [-0.1, -0.05) is 0 Å². The number of rotatable bonds is 5. The van der Waals surface area contributed by atoms with Crippen LogP contribution in [0.5, 0.6) is 5.75 Å². The van der Waals surface area contributed by atoms with E-state index in [1.54, 1.807) is 19.2 Å². The molecule has 5 heteroatoms. The number of ether oxygens (including phenoxy) is 2. The molecule has 0 aliphatic heterocycles. The SMILES string of the molecule is COC(C)COc1ccc([N+](=O)[O-])cc1. The molecule has 0 aromatic heterocycles. The highest BCUT2D eigenvalue weighted by molar-refractivity contribution is 5.35.